The van der Waals surface area contributed by atoms with Crippen LogP contribution in [0.1, 0.15) is 19.3 Å². The van der Waals surface area contributed by atoms with Gasteiger partial charge in [0.2, 0.25) is 5.91 Å². The van der Waals surface area contributed by atoms with Crippen LogP contribution in [0.4, 0.5) is 5.13 Å². The molecule has 0 aliphatic heterocycles. The van der Waals surface area contributed by atoms with Crippen LogP contribution in [0.2, 0.25) is 0 Å². The Labute approximate surface area is 155 Å². The number of ether oxygens (including phenoxy) is 1. The summed E-state index contributed by atoms with van der Waals surface area (Å²) in [6.07, 6.45) is 2.72. The molecule has 2 aliphatic rings. The van der Waals surface area contributed by atoms with Gasteiger partial charge in [0.1, 0.15) is 5.75 Å². The Hall–Kier alpha value is -2.41. The zero-order chi connectivity index (χ0) is 18.3. The van der Waals surface area contributed by atoms with Gasteiger partial charge in [-0.1, -0.05) is 0 Å². The van der Waals surface area contributed by atoms with E-state index in [1.807, 2.05) is 29.6 Å². The maximum Gasteiger partial charge on any atom is 0.307 e. The van der Waals surface area contributed by atoms with Gasteiger partial charge in [0.05, 0.1) is 24.6 Å². The molecule has 4 rings (SSSR count). The van der Waals surface area contributed by atoms with Crippen molar-refractivity contribution in [2.45, 2.75) is 19.3 Å². The number of rotatable bonds is 5. The Balaban J connectivity index is 1.48. The fourth-order valence-corrected chi connectivity index (χ4v) is 5.16. The van der Waals surface area contributed by atoms with Crippen molar-refractivity contribution < 1.29 is 19.4 Å². The van der Waals surface area contributed by atoms with Gasteiger partial charge >= 0.3 is 5.97 Å². The molecular weight excluding hydrogens is 352 g/mol. The number of benzene rings is 1. The van der Waals surface area contributed by atoms with Gasteiger partial charge in [-0.05, 0) is 55.4 Å². The molecule has 4 atom stereocenters. The highest BCUT2D eigenvalue weighted by atomic mass is 32.1. The molecule has 26 heavy (non-hydrogen) atoms. The van der Waals surface area contributed by atoms with E-state index in [-0.39, 0.29) is 17.7 Å². The predicted molar refractivity (Wildman–Crippen MR) is 98.2 cm³/mol. The second-order valence-corrected chi connectivity index (χ2v) is 7.84. The van der Waals surface area contributed by atoms with E-state index in [0.29, 0.717) is 5.13 Å². The van der Waals surface area contributed by atoms with Crippen LogP contribution < -0.4 is 10.1 Å². The van der Waals surface area contributed by atoms with Crippen LogP contribution in [0, 0.1) is 23.7 Å². The third kappa shape index (κ3) is 2.96. The number of amides is 1. The first-order chi connectivity index (χ1) is 12.6. The fourth-order valence-electron chi connectivity index (χ4n) is 4.44. The number of carbonyl (C=O) groups is 2. The van der Waals surface area contributed by atoms with Crippen LogP contribution in [0.15, 0.2) is 29.6 Å². The van der Waals surface area contributed by atoms with Gasteiger partial charge in [-0.25, -0.2) is 4.98 Å². The molecule has 1 amide bonds. The summed E-state index contributed by atoms with van der Waals surface area (Å²) in [5, 5.41) is 14.7. The molecule has 0 spiro atoms. The smallest absolute Gasteiger partial charge is 0.307 e. The molecule has 0 radical (unpaired) electrons. The van der Waals surface area contributed by atoms with Gasteiger partial charge in [0.25, 0.3) is 0 Å². The number of carboxylic acid groups (broad SMARTS) is 1. The number of nitrogens with zero attached hydrogens (tertiary/aromatic N) is 1. The topological polar surface area (TPSA) is 88.5 Å². The molecule has 0 unspecified atom stereocenters. The molecular formula is C19H20N2O4S. The Bertz CT molecular complexity index is 832. The molecule has 2 fully saturated rings. The SMILES string of the molecule is COc1ccc(-c2csc(NC(=O)[C@H]3[C@H]4CC[C@H](C4)[C@@H]3C(=O)O)n2)cc1. The number of methoxy groups -OCH3 is 1. The predicted octanol–water partition coefficient (Wildman–Crippen LogP) is 3.50. The van der Waals surface area contributed by atoms with Crippen LogP contribution in [0.25, 0.3) is 11.3 Å². The molecule has 2 bridgehead atoms. The molecule has 2 saturated carbocycles. The van der Waals surface area contributed by atoms with Crippen LogP contribution >= 0.6 is 11.3 Å². The largest absolute Gasteiger partial charge is 0.497 e. The second kappa shape index (κ2) is 6.72. The maximum atomic E-state index is 12.7. The van der Waals surface area contributed by atoms with Gasteiger partial charge in [0.15, 0.2) is 5.13 Å². The van der Waals surface area contributed by atoms with E-state index in [2.05, 4.69) is 10.3 Å². The number of aromatic nitrogens is 1. The highest BCUT2D eigenvalue weighted by Crippen LogP contribution is 2.52. The van der Waals surface area contributed by atoms with Gasteiger partial charge in [-0.3, -0.25) is 9.59 Å². The van der Waals surface area contributed by atoms with E-state index in [1.165, 1.54) is 11.3 Å². The van der Waals surface area contributed by atoms with E-state index in [1.54, 1.807) is 7.11 Å². The number of fused-ring (bicyclic) bond motifs is 2. The zero-order valence-corrected chi connectivity index (χ0v) is 15.2. The van der Waals surface area contributed by atoms with Gasteiger partial charge < -0.3 is 15.2 Å². The van der Waals surface area contributed by atoms with Gasteiger partial charge in [0, 0.05) is 10.9 Å². The van der Waals surface area contributed by atoms with Gasteiger partial charge in [-0.15, -0.1) is 11.3 Å². The monoisotopic (exact) mass is 372 g/mol. The van der Waals surface area contributed by atoms with Crippen molar-refractivity contribution >= 4 is 28.3 Å². The number of aliphatic carboxylic acids is 1. The molecule has 6 nitrogen and oxygen atoms in total. The van der Waals surface area contributed by atoms with Crippen LogP contribution in [-0.2, 0) is 9.59 Å². The molecule has 1 aromatic carbocycles. The minimum Gasteiger partial charge on any atom is -0.497 e. The minimum atomic E-state index is -0.851. The summed E-state index contributed by atoms with van der Waals surface area (Å²) in [7, 11) is 1.62. The second-order valence-electron chi connectivity index (χ2n) is 6.98. The molecule has 7 heteroatoms. The zero-order valence-electron chi connectivity index (χ0n) is 14.3. The quantitative estimate of drug-likeness (QED) is 0.838. The summed E-state index contributed by atoms with van der Waals surface area (Å²) >= 11 is 1.35. The van der Waals surface area contributed by atoms with Gasteiger partial charge in [-0.2, -0.15) is 0 Å². The van der Waals surface area contributed by atoms with E-state index in [4.69, 9.17) is 4.74 Å². The summed E-state index contributed by atoms with van der Waals surface area (Å²) < 4.78 is 5.15. The highest BCUT2D eigenvalue weighted by molar-refractivity contribution is 7.14. The molecule has 1 heterocycles. The lowest BCUT2D eigenvalue weighted by atomic mass is 9.79. The first-order valence-corrected chi connectivity index (χ1v) is 9.58. The van der Waals surface area contributed by atoms with E-state index >= 15 is 0 Å². The van der Waals surface area contributed by atoms with E-state index in [0.717, 1.165) is 36.3 Å². The molecule has 2 aliphatic carbocycles. The van der Waals surface area contributed by atoms with Crippen molar-refractivity contribution in [1.82, 2.24) is 4.98 Å². The summed E-state index contributed by atoms with van der Waals surface area (Å²) in [5.41, 5.74) is 1.71. The Morgan fingerprint density at radius 2 is 1.88 bits per heavy atom. The summed E-state index contributed by atoms with van der Waals surface area (Å²) in [4.78, 5) is 28.8. The van der Waals surface area contributed by atoms with Crippen molar-refractivity contribution in [2.75, 3.05) is 12.4 Å². The number of hydrogen-bond donors (Lipinski definition) is 2. The average molecular weight is 372 g/mol. The number of anilines is 1. The summed E-state index contributed by atoms with van der Waals surface area (Å²) in [5.74, 6) is -0.972. The first-order valence-electron chi connectivity index (χ1n) is 8.70. The Morgan fingerprint density at radius 3 is 2.54 bits per heavy atom. The third-order valence-electron chi connectivity index (χ3n) is 5.62. The van der Waals surface area contributed by atoms with Crippen molar-refractivity contribution in [2.24, 2.45) is 23.7 Å². The van der Waals surface area contributed by atoms with Crippen LogP contribution in [0.3, 0.4) is 0 Å². The van der Waals surface area contributed by atoms with Crippen LogP contribution in [0.5, 0.6) is 5.75 Å². The number of hydrogen-bond acceptors (Lipinski definition) is 5. The summed E-state index contributed by atoms with van der Waals surface area (Å²) in [6.45, 7) is 0. The number of thiazole rings is 1. The number of nitrogens with one attached hydrogen (secondary N) is 1. The van der Waals surface area contributed by atoms with Crippen molar-refractivity contribution in [3.05, 3.63) is 29.6 Å². The third-order valence-corrected chi connectivity index (χ3v) is 6.38. The van der Waals surface area contributed by atoms with E-state index < -0.39 is 17.8 Å². The molecule has 0 saturated heterocycles. The number of carbonyl (C=O) groups excluding carboxylic acids is 1. The maximum absolute atomic E-state index is 12.7. The van der Waals surface area contributed by atoms with Crippen LogP contribution in [-0.4, -0.2) is 29.1 Å². The lowest BCUT2D eigenvalue weighted by Crippen LogP contribution is -2.37. The lowest BCUT2D eigenvalue weighted by Gasteiger charge is -2.26. The highest BCUT2D eigenvalue weighted by Gasteiger charge is 2.54. The Kier molecular flexibility index (Phi) is 4.40. The molecule has 1 aromatic heterocycles. The summed E-state index contributed by atoms with van der Waals surface area (Å²) in [6, 6.07) is 7.55. The number of carboxylic acids is 1. The molecule has 136 valence electrons. The Morgan fingerprint density at radius 1 is 1.19 bits per heavy atom. The van der Waals surface area contributed by atoms with E-state index in [9.17, 15) is 14.7 Å². The van der Waals surface area contributed by atoms with Crippen molar-refractivity contribution in [3.63, 3.8) is 0 Å². The standard InChI is InChI=1S/C19H20N2O4S/c1-25-13-6-4-10(5-7-13)14-9-26-19(20-14)21-17(22)15-11-2-3-12(8-11)16(15)18(23)24/h4-7,9,11-12,15-16H,2-3,8H2,1H3,(H,23,24)(H,20,21,22)/t11-,12+,15-,16-/m0/s1. The normalized spacial score (nSPS) is 26.7. The molecule has 2 aromatic rings. The lowest BCUT2D eigenvalue weighted by molar-refractivity contribution is -0.148. The average Bonchev–Trinajstić information content (AvgIpc) is 3.37. The first kappa shape index (κ1) is 17.0. The fraction of sp³-hybridized carbons (Fsp3) is 0.421. The minimum absolute atomic E-state index is 0.138. The van der Waals surface area contributed by atoms with Crippen molar-refractivity contribution in [1.29, 1.82) is 0 Å². The van der Waals surface area contributed by atoms with Crippen molar-refractivity contribution in [3.8, 4) is 17.0 Å². The molecule has 2 N–H and O–H groups in total.